The molecule has 0 aliphatic carbocycles. The standard InChI is InChI=1S/C27H21N3O4S2/c28-21-24(31)30-22(20(15-35-25(21)30)36-27-29-18-13-7-8-14-19(18)33-27)26(32)34-23(16-9-3-1-4-10-16)17-11-5-2-6-12-17/h1-14,21,23,25H,15,28H2/t21?,25-/m1/s1. The number of amides is 1. The van der Waals surface area contributed by atoms with E-state index in [9.17, 15) is 9.59 Å². The highest BCUT2D eigenvalue weighted by Crippen LogP contribution is 2.45. The maximum atomic E-state index is 13.8. The number of hydrogen-bond acceptors (Lipinski definition) is 8. The van der Waals surface area contributed by atoms with Crippen molar-refractivity contribution in [3.8, 4) is 0 Å². The fraction of sp³-hybridized carbons (Fsp3) is 0.148. The minimum atomic E-state index is -0.646. The first-order valence-corrected chi connectivity index (χ1v) is 13.2. The van der Waals surface area contributed by atoms with Crippen molar-refractivity contribution in [3.63, 3.8) is 0 Å². The van der Waals surface area contributed by atoms with Gasteiger partial charge in [-0.1, -0.05) is 72.8 Å². The van der Waals surface area contributed by atoms with Crippen molar-refractivity contribution in [2.24, 2.45) is 5.73 Å². The molecular weight excluding hydrogens is 494 g/mol. The largest absolute Gasteiger partial charge is 0.448 e. The lowest BCUT2D eigenvalue weighted by molar-refractivity contribution is -0.152. The molecule has 2 atom stereocenters. The SMILES string of the molecule is NC1C(=O)N2C(C(=O)OC(c3ccccc3)c3ccccc3)=C(Sc3nc4ccccc4o3)CS[C@H]12. The Hall–Kier alpha value is -3.53. The first-order chi connectivity index (χ1) is 17.6. The summed E-state index contributed by atoms with van der Waals surface area (Å²) in [4.78, 5) is 33.2. The van der Waals surface area contributed by atoms with Crippen LogP contribution in [0.4, 0.5) is 0 Å². The molecule has 1 amide bonds. The molecule has 0 spiro atoms. The third-order valence-electron chi connectivity index (χ3n) is 6.08. The van der Waals surface area contributed by atoms with E-state index in [4.69, 9.17) is 14.9 Å². The Bertz CT molecular complexity index is 1400. The average molecular weight is 516 g/mol. The van der Waals surface area contributed by atoms with Crippen molar-refractivity contribution >= 4 is 46.5 Å². The summed E-state index contributed by atoms with van der Waals surface area (Å²) in [6, 6.07) is 25.9. The van der Waals surface area contributed by atoms with Gasteiger partial charge in [0, 0.05) is 10.7 Å². The maximum Gasteiger partial charge on any atom is 0.356 e. The summed E-state index contributed by atoms with van der Waals surface area (Å²) >= 11 is 2.75. The lowest BCUT2D eigenvalue weighted by Gasteiger charge is -2.48. The number of carbonyl (C=O) groups excluding carboxylic acids is 2. The minimum absolute atomic E-state index is 0.203. The van der Waals surface area contributed by atoms with E-state index in [0.29, 0.717) is 21.5 Å². The van der Waals surface area contributed by atoms with E-state index in [1.54, 1.807) is 0 Å². The van der Waals surface area contributed by atoms with Crippen LogP contribution >= 0.6 is 23.5 Å². The molecule has 1 fully saturated rings. The van der Waals surface area contributed by atoms with Crippen LogP contribution in [0.2, 0.25) is 0 Å². The van der Waals surface area contributed by atoms with Crippen molar-refractivity contribution < 1.29 is 18.7 Å². The van der Waals surface area contributed by atoms with Crippen molar-refractivity contribution in [2.75, 3.05) is 5.75 Å². The number of nitrogens with two attached hydrogens (primary N) is 1. The lowest BCUT2D eigenvalue weighted by Crippen LogP contribution is -2.68. The minimum Gasteiger partial charge on any atom is -0.448 e. The van der Waals surface area contributed by atoms with Gasteiger partial charge in [-0.05, 0) is 35.0 Å². The molecule has 4 aromatic rings. The molecule has 1 unspecified atom stereocenters. The Morgan fingerprint density at radius 2 is 1.67 bits per heavy atom. The predicted octanol–water partition coefficient (Wildman–Crippen LogP) is 4.71. The highest BCUT2D eigenvalue weighted by atomic mass is 32.2. The highest BCUT2D eigenvalue weighted by Gasteiger charge is 2.52. The summed E-state index contributed by atoms with van der Waals surface area (Å²) in [6.07, 6.45) is -0.638. The third kappa shape index (κ3) is 4.09. The fourth-order valence-corrected chi connectivity index (χ4v) is 6.65. The number of aromatic nitrogens is 1. The molecule has 1 saturated heterocycles. The fourth-order valence-electron chi connectivity index (χ4n) is 4.30. The first-order valence-electron chi connectivity index (χ1n) is 11.4. The second kappa shape index (κ2) is 9.50. The van der Waals surface area contributed by atoms with Gasteiger partial charge in [0.25, 0.3) is 5.22 Å². The van der Waals surface area contributed by atoms with Gasteiger partial charge in [0.15, 0.2) is 11.7 Å². The third-order valence-corrected chi connectivity index (χ3v) is 8.50. The molecule has 3 heterocycles. The summed E-state index contributed by atoms with van der Waals surface area (Å²) in [5.74, 6) is -0.403. The van der Waals surface area contributed by atoms with Gasteiger partial charge < -0.3 is 14.9 Å². The van der Waals surface area contributed by atoms with Crippen molar-refractivity contribution in [1.82, 2.24) is 9.88 Å². The Morgan fingerprint density at radius 3 is 2.33 bits per heavy atom. The second-order valence-electron chi connectivity index (χ2n) is 8.36. The van der Waals surface area contributed by atoms with Crippen molar-refractivity contribution in [2.45, 2.75) is 22.7 Å². The van der Waals surface area contributed by atoms with Crippen LogP contribution < -0.4 is 5.73 Å². The summed E-state index contributed by atoms with van der Waals surface area (Å²) < 4.78 is 12.0. The van der Waals surface area contributed by atoms with E-state index in [2.05, 4.69) is 4.98 Å². The van der Waals surface area contributed by atoms with E-state index < -0.39 is 18.1 Å². The van der Waals surface area contributed by atoms with Gasteiger partial charge in [-0.25, -0.2) is 9.78 Å². The van der Waals surface area contributed by atoms with Gasteiger partial charge in [0.05, 0.1) is 0 Å². The first kappa shape index (κ1) is 22.9. The number of para-hydroxylation sites is 2. The molecule has 0 radical (unpaired) electrons. The number of rotatable bonds is 6. The molecule has 9 heteroatoms. The van der Waals surface area contributed by atoms with Crippen LogP contribution in [0.25, 0.3) is 11.1 Å². The summed E-state index contributed by atoms with van der Waals surface area (Å²) in [6.45, 7) is 0. The number of nitrogens with zero attached hydrogens (tertiary/aromatic N) is 2. The Balaban J connectivity index is 1.38. The van der Waals surface area contributed by atoms with Crippen LogP contribution in [0.5, 0.6) is 0 Å². The van der Waals surface area contributed by atoms with Gasteiger partial charge in [0.1, 0.15) is 22.6 Å². The number of carbonyl (C=O) groups is 2. The summed E-state index contributed by atoms with van der Waals surface area (Å²) in [5, 5.41) is 0.0930. The Labute approximate surface area is 215 Å². The number of fused-ring (bicyclic) bond motifs is 2. The smallest absolute Gasteiger partial charge is 0.356 e. The van der Waals surface area contributed by atoms with Gasteiger partial charge in [-0.2, -0.15) is 0 Å². The quantitative estimate of drug-likeness (QED) is 0.291. The molecule has 2 aliphatic rings. The average Bonchev–Trinajstić information content (AvgIpc) is 3.34. The molecule has 36 heavy (non-hydrogen) atoms. The van der Waals surface area contributed by atoms with Crippen LogP contribution in [0.1, 0.15) is 17.2 Å². The van der Waals surface area contributed by atoms with Gasteiger partial charge in [-0.3, -0.25) is 9.69 Å². The molecule has 6 rings (SSSR count). The zero-order valence-electron chi connectivity index (χ0n) is 18.9. The number of esters is 1. The molecule has 0 bridgehead atoms. The van der Waals surface area contributed by atoms with Crippen LogP contribution in [0.3, 0.4) is 0 Å². The summed E-state index contributed by atoms with van der Waals surface area (Å²) in [5.41, 5.74) is 9.29. The monoisotopic (exact) mass is 515 g/mol. The Kier molecular flexibility index (Phi) is 6.04. The molecule has 3 aromatic carbocycles. The van der Waals surface area contributed by atoms with Gasteiger partial charge >= 0.3 is 5.97 Å². The molecular formula is C27H21N3O4S2. The lowest BCUT2D eigenvalue weighted by atomic mass is 10.0. The van der Waals surface area contributed by atoms with Crippen molar-refractivity contribution in [1.29, 1.82) is 0 Å². The maximum absolute atomic E-state index is 13.8. The van der Waals surface area contributed by atoms with E-state index in [-0.39, 0.29) is 17.0 Å². The van der Waals surface area contributed by atoms with Crippen LogP contribution in [0.15, 0.2) is 105 Å². The number of hydrogen-bond donors (Lipinski definition) is 1. The predicted molar refractivity (Wildman–Crippen MR) is 139 cm³/mol. The highest BCUT2D eigenvalue weighted by molar-refractivity contribution is 8.06. The number of thioether (sulfide) groups is 2. The number of β-lactam (4-membered cyclic amide) rings is 1. The molecule has 2 N–H and O–H groups in total. The molecule has 0 saturated carbocycles. The normalized spacial score (nSPS) is 19.4. The molecule has 2 aliphatic heterocycles. The molecule has 1 aromatic heterocycles. The number of benzene rings is 3. The number of ether oxygens (including phenoxy) is 1. The summed E-state index contributed by atoms with van der Waals surface area (Å²) in [7, 11) is 0. The van der Waals surface area contributed by atoms with E-state index >= 15 is 0 Å². The molecule has 7 nitrogen and oxygen atoms in total. The van der Waals surface area contributed by atoms with Crippen LogP contribution in [-0.2, 0) is 14.3 Å². The topological polar surface area (TPSA) is 98.7 Å². The van der Waals surface area contributed by atoms with E-state index in [1.807, 2.05) is 84.9 Å². The van der Waals surface area contributed by atoms with Crippen LogP contribution in [0, 0.1) is 0 Å². The van der Waals surface area contributed by atoms with Crippen molar-refractivity contribution in [3.05, 3.63) is 107 Å². The number of oxazole rings is 1. The van der Waals surface area contributed by atoms with E-state index in [1.165, 1.54) is 28.4 Å². The van der Waals surface area contributed by atoms with Crippen LogP contribution in [-0.4, -0.2) is 38.9 Å². The van der Waals surface area contributed by atoms with E-state index in [0.717, 1.165) is 16.6 Å². The zero-order valence-corrected chi connectivity index (χ0v) is 20.6. The Morgan fingerprint density at radius 1 is 1.03 bits per heavy atom. The second-order valence-corrected chi connectivity index (χ2v) is 10.5. The van der Waals surface area contributed by atoms with Gasteiger partial charge in [-0.15, -0.1) is 11.8 Å². The molecule has 180 valence electrons. The zero-order chi connectivity index (χ0) is 24.6. The van der Waals surface area contributed by atoms with Gasteiger partial charge in [0.2, 0.25) is 5.91 Å².